The summed E-state index contributed by atoms with van der Waals surface area (Å²) in [6.45, 7) is 2.16. The monoisotopic (exact) mass is 879 g/mol. The largest absolute Gasteiger partial charge is 0.493 e. The molecule has 3 aliphatic rings. The van der Waals surface area contributed by atoms with Crippen LogP contribution in [0, 0.1) is 3.57 Å². The molecule has 0 unspecified atom stereocenters. The van der Waals surface area contributed by atoms with E-state index in [2.05, 4.69) is 73.0 Å². The van der Waals surface area contributed by atoms with Gasteiger partial charge in [-0.2, -0.15) is 0 Å². The highest BCUT2D eigenvalue weighted by molar-refractivity contribution is 14.1. The Morgan fingerprint density at radius 3 is 2.02 bits per heavy atom. The number of nitrogens with zero attached hydrogens (tertiary/aromatic N) is 2. The van der Waals surface area contributed by atoms with Crippen molar-refractivity contribution in [1.29, 1.82) is 0 Å². The Balaban J connectivity index is 1.18. The molecule has 266 valence electrons. The minimum absolute atomic E-state index is 0.0781. The molecule has 0 spiro atoms. The van der Waals surface area contributed by atoms with E-state index in [0.29, 0.717) is 29.4 Å². The lowest BCUT2D eigenvalue weighted by atomic mass is 9.76. The zero-order valence-electron chi connectivity index (χ0n) is 28.9. The van der Waals surface area contributed by atoms with Gasteiger partial charge in [0.05, 0.1) is 16.4 Å². The fourth-order valence-electron chi connectivity index (χ4n) is 7.73. The maximum Gasteiger partial charge on any atom is 0.335 e. The molecular formula is C43H35BrIN3O5. The molecule has 5 aromatic carbocycles. The fourth-order valence-corrected chi connectivity index (χ4v) is 8.77. The van der Waals surface area contributed by atoms with Gasteiger partial charge in [-0.05, 0) is 111 Å². The zero-order valence-corrected chi connectivity index (χ0v) is 32.6. The molecule has 10 heteroatoms. The number of barbiturate groups is 1. The molecule has 8 nitrogen and oxygen atoms in total. The quantitative estimate of drug-likeness (QED) is 0.0951. The van der Waals surface area contributed by atoms with Crippen LogP contribution in [0.2, 0.25) is 0 Å². The number of methoxy groups -OCH3 is 1. The summed E-state index contributed by atoms with van der Waals surface area (Å²) in [5.74, 6) is -0.284. The number of anilines is 2. The predicted molar refractivity (Wildman–Crippen MR) is 218 cm³/mol. The summed E-state index contributed by atoms with van der Waals surface area (Å²) in [5.41, 5.74) is 7.54. The lowest BCUT2D eigenvalue weighted by molar-refractivity contribution is -0.122. The number of hydrogen-bond acceptors (Lipinski definition) is 6. The molecule has 5 aromatic rings. The first-order chi connectivity index (χ1) is 25.8. The van der Waals surface area contributed by atoms with Gasteiger partial charge in [0.1, 0.15) is 12.2 Å². The third kappa shape index (κ3) is 6.86. The summed E-state index contributed by atoms with van der Waals surface area (Å²) in [7, 11) is 1.54. The molecule has 0 saturated carbocycles. The van der Waals surface area contributed by atoms with Gasteiger partial charge in [-0.25, -0.2) is 9.69 Å². The maximum atomic E-state index is 14.4. The molecule has 4 amide bonds. The Labute approximate surface area is 330 Å². The van der Waals surface area contributed by atoms with E-state index in [1.807, 2.05) is 78.9 Å². The van der Waals surface area contributed by atoms with Gasteiger partial charge in [0.15, 0.2) is 11.5 Å². The van der Waals surface area contributed by atoms with Gasteiger partial charge in [0, 0.05) is 35.1 Å². The van der Waals surface area contributed by atoms with Crippen molar-refractivity contribution in [2.45, 2.75) is 31.3 Å². The summed E-state index contributed by atoms with van der Waals surface area (Å²) in [6.07, 6.45) is 3.32. The van der Waals surface area contributed by atoms with E-state index >= 15 is 0 Å². The molecule has 0 bridgehead atoms. The van der Waals surface area contributed by atoms with Gasteiger partial charge in [-0.3, -0.25) is 14.9 Å². The van der Waals surface area contributed by atoms with E-state index in [1.54, 1.807) is 13.2 Å². The number of nitrogens with one attached hydrogen (secondary N) is 1. The third-order valence-electron chi connectivity index (χ3n) is 10.2. The van der Waals surface area contributed by atoms with Crippen LogP contribution in [0.1, 0.15) is 58.1 Å². The second kappa shape index (κ2) is 14.8. The number of benzene rings is 5. The summed E-state index contributed by atoms with van der Waals surface area (Å²) in [6, 6.07) is 35.4. The van der Waals surface area contributed by atoms with Crippen LogP contribution in [0.5, 0.6) is 11.5 Å². The topological polar surface area (TPSA) is 88.2 Å². The van der Waals surface area contributed by atoms with Gasteiger partial charge in [-0.1, -0.05) is 88.7 Å². The summed E-state index contributed by atoms with van der Waals surface area (Å²) in [4.78, 5) is 45.0. The molecule has 3 heterocycles. The van der Waals surface area contributed by atoms with Crippen LogP contribution in [0.3, 0.4) is 0 Å². The lowest BCUT2D eigenvalue weighted by Gasteiger charge is -2.44. The average molecular weight is 881 g/mol. The third-order valence-corrected chi connectivity index (χ3v) is 11.5. The van der Waals surface area contributed by atoms with Gasteiger partial charge < -0.3 is 14.4 Å². The molecule has 1 N–H and O–H groups in total. The van der Waals surface area contributed by atoms with Crippen LogP contribution in [0.25, 0.3) is 6.08 Å². The van der Waals surface area contributed by atoms with Crippen molar-refractivity contribution in [3.63, 3.8) is 0 Å². The summed E-state index contributed by atoms with van der Waals surface area (Å²) in [5, 5.41) is 2.44. The van der Waals surface area contributed by atoms with Gasteiger partial charge in [0.2, 0.25) is 0 Å². The van der Waals surface area contributed by atoms with E-state index in [1.165, 1.54) is 22.9 Å². The molecule has 0 radical (unpaired) electrons. The van der Waals surface area contributed by atoms with E-state index in [9.17, 15) is 14.4 Å². The van der Waals surface area contributed by atoms with Crippen LogP contribution in [-0.4, -0.2) is 38.0 Å². The first kappa shape index (κ1) is 35.1. The zero-order chi connectivity index (χ0) is 36.6. The summed E-state index contributed by atoms with van der Waals surface area (Å²) < 4.78 is 13.6. The Morgan fingerprint density at radius 2 is 1.43 bits per heavy atom. The number of halogens is 2. The number of imide groups is 2. The van der Waals surface area contributed by atoms with Crippen molar-refractivity contribution >= 4 is 73.8 Å². The Bertz CT molecular complexity index is 2190. The molecule has 0 aliphatic carbocycles. The molecule has 2 atom stereocenters. The second-order valence-corrected chi connectivity index (χ2v) is 15.4. The molecule has 1 fully saturated rings. The van der Waals surface area contributed by atoms with Crippen molar-refractivity contribution in [2.24, 2.45) is 0 Å². The van der Waals surface area contributed by atoms with Crippen LogP contribution < -0.4 is 24.6 Å². The van der Waals surface area contributed by atoms with Gasteiger partial charge in [0.25, 0.3) is 11.8 Å². The highest BCUT2D eigenvalue weighted by Crippen LogP contribution is 2.50. The minimum atomic E-state index is -0.774. The number of hydrogen-bond donors (Lipinski definition) is 1. The molecule has 53 heavy (non-hydrogen) atoms. The van der Waals surface area contributed by atoms with Crippen molar-refractivity contribution in [3.05, 3.63) is 156 Å². The number of rotatable bonds is 8. The minimum Gasteiger partial charge on any atom is -0.493 e. The second-order valence-electron chi connectivity index (χ2n) is 13.4. The molecule has 8 rings (SSSR count). The fraction of sp³-hybridized carbons (Fsp3) is 0.186. The first-order valence-electron chi connectivity index (χ1n) is 17.5. The Kier molecular flexibility index (Phi) is 9.82. The van der Waals surface area contributed by atoms with Gasteiger partial charge in [-0.15, -0.1) is 0 Å². The number of urea groups is 1. The predicted octanol–water partition coefficient (Wildman–Crippen LogP) is 9.19. The van der Waals surface area contributed by atoms with E-state index in [-0.39, 0.29) is 17.4 Å². The SMILES string of the molecule is COc1cc(/C=C2\C(=O)NC(=O)N(c3cc4c5c(c3)[C@@H](c3ccccc3)CCN5CC[C@@H]4c3ccccc3)C2=O)cc(I)c1OCc1ccc(Br)cc1. The molecule has 0 aromatic heterocycles. The van der Waals surface area contributed by atoms with Gasteiger partial charge >= 0.3 is 6.03 Å². The number of carbonyl (C=O) groups is 3. The first-order valence-corrected chi connectivity index (χ1v) is 19.3. The van der Waals surface area contributed by atoms with Crippen LogP contribution in [-0.2, 0) is 16.2 Å². The Morgan fingerprint density at radius 1 is 0.830 bits per heavy atom. The van der Waals surface area contributed by atoms with Crippen molar-refractivity contribution < 1.29 is 23.9 Å². The molecular weight excluding hydrogens is 845 g/mol. The molecule has 3 aliphatic heterocycles. The van der Waals surface area contributed by atoms with Crippen LogP contribution in [0.4, 0.5) is 16.2 Å². The maximum absolute atomic E-state index is 14.4. The van der Waals surface area contributed by atoms with E-state index < -0.39 is 17.8 Å². The average Bonchev–Trinajstić information content (AvgIpc) is 3.17. The Hall–Kier alpha value is -4.94. The highest BCUT2D eigenvalue weighted by Gasteiger charge is 2.40. The van der Waals surface area contributed by atoms with Crippen LogP contribution >= 0.6 is 38.5 Å². The lowest BCUT2D eigenvalue weighted by Crippen LogP contribution is -2.54. The number of carbonyl (C=O) groups excluding carboxylic acids is 3. The smallest absolute Gasteiger partial charge is 0.335 e. The van der Waals surface area contributed by atoms with E-state index in [0.717, 1.165) is 55.6 Å². The van der Waals surface area contributed by atoms with Crippen molar-refractivity contribution in [3.8, 4) is 11.5 Å². The normalized spacial score (nSPS) is 18.8. The summed E-state index contributed by atoms with van der Waals surface area (Å²) >= 11 is 5.61. The number of ether oxygens (including phenoxy) is 2. The molecule has 1 saturated heterocycles. The number of amides is 4. The van der Waals surface area contributed by atoms with Crippen LogP contribution in [0.15, 0.2) is 119 Å². The highest BCUT2D eigenvalue weighted by atomic mass is 127. The van der Waals surface area contributed by atoms with Crippen molar-refractivity contribution in [1.82, 2.24) is 5.32 Å². The van der Waals surface area contributed by atoms with E-state index in [4.69, 9.17) is 9.47 Å². The van der Waals surface area contributed by atoms with Crippen molar-refractivity contribution in [2.75, 3.05) is 30.0 Å². The standard InChI is InChI=1S/C43H35BrIN3O5/c1-52-38-22-27(21-37(45)40(38)53-25-26-12-14-30(44)15-13-26)20-36-41(49)46-43(51)48(42(36)50)31-23-34-32(28-8-4-2-5-9-28)16-18-47-19-17-33(35(24-31)39(34)47)29-10-6-3-7-11-29/h2-15,20-24,32-33H,16-19,25H2,1H3,(H,46,49,51)/b36-20+/t32-,33-/m1/s1.